The number of anilines is 1. The summed E-state index contributed by atoms with van der Waals surface area (Å²) in [6, 6.07) is 5.57. The number of sulfonamides is 1. The Balaban J connectivity index is 2.03. The number of aryl methyl sites for hydroxylation is 1. The van der Waals surface area contributed by atoms with Gasteiger partial charge in [0.1, 0.15) is 0 Å². The minimum Gasteiger partial charge on any atom is -0.382 e. The van der Waals surface area contributed by atoms with Crippen LogP contribution < -0.4 is 10.5 Å². The summed E-state index contributed by atoms with van der Waals surface area (Å²) >= 11 is 0. The van der Waals surface area contributed by atoms with Crippen LogP contribution in [0.25, 0.3) is 0 Å². The normalized spacial score (nSPS) is 22.9. The van der Waals surface area contributed by atoms with Gasteiger partial charge in [0.25, 0.3) is 0 Å². The minimum atomic E-state index is -3.66. The molecule has 0 aliphatic heterocycles. The molecule has 0 atom stereocenters. The summed E-state index contributed by atoms with van der Waals surface area (Å²) in [5, 5.41) is 8.50. The molecule has 0 amide bonds. The Labute approximate surface area is 114 Å². The molecule has 6 heteroatoms. The maximum absolute atomic E-state index is 11.4. The molecule has 1 aromatic carbocycles. The topological polar surface area (TPSA) is 81.4 Å². The zero-order chi connectivity index (χ0) is 14.0. The molecule has 0 aromatic heterocycles. The third-order valence-corrected chi connectivity index (χ3v) is 4.42. The number of rotatable bonds is 5. The lowest BCUT2D eigenvalue weighted by Gasteiger charge is -2.36. The van der Waals surface area contributed by atoms with Crippen LogP contribution in [0.4, 0.5) is 5.69 Å². The predicted octanol–water partition coefficient (Wildman–Crippen LogP) is 1.62. The van der Waals surface area contributed by atoms with Crippen molar-refractivity contribution in [2.75, 3.05) is 11.9 Å². The van der Waals surface area contributed by atoms with E-state index >= 15 is 0 Å². The van der Waals surface area contributed by atoms with Gasteiger partial charge in [-0.2, -0.15) is 0 Å². The minimum absolute atomic E-state index is 0.179. The number of hydrogen-bond acceptors (Lipinski definition) is 4. The van der Waals surface area contributed by atoms with Crippen LogP contribution in [0.15, 0.2) is 23.1 Å². The van der Waals surface area contributed by atoms with E-state index in [9.17, 15) is 8.42 Å². The highest BCUT2D eigenvalue weighted by Crippen LogP contribution is 2.28. The van der Waals surface area contributed by atoms with E-state index in [2.05, 4.69) is 5.32 Å². The summed E-state index contributed by atoms with van der Waals surface area (Å²) in [4.78, 5) is 0.179. The molecule has 0 bridgehead atoms. The van der Waals surface area contributed by atoms with Crippen molar-refractivity contribution in [1.29, 1.82) is 0 Å². The summed E-state index contributed by atoms with van der Waals surface area (Å²) in [7, 11) is -3.66. The third kappa shape index (κ3) is 3.46. The van der Waals surface area contributed by atoms with Crippen molar-refractivity contribution in [2.24, 2.45) is 5.14 Å². The van der Waals surface area contributed by atoms with Gasteiger partial charge in [0.15, 0.2) is 0 Å². The maximum atomic E-state index is 11.4. The highest BCUT2D eigenvalue weighted by Gasteiger charge is 2.29. The maximum Gasteiger partial charge on any atom is 0.238 e. The summed E-state index contributed by atoms with van der Waals surface area (Å²) in [6.07, 6.45) is 2.23. The van der Waals surface area contributed by atoms with Crippen molar-refractivity contribution < 1.29 is 13.2 Å². The number of hydrogen-bond donors (Lipinski definition) is 2. The van der Waals surface area contributed by atoms with E-state index in [1.54, 1.807) is 19.1 Å². The summed E-state index contributed by atoms with van der Waals surface area (Å²) in [5.41, 5.74) is 1.45. The second-order valence-corrected chi connectivity index (χ2v) is 6.45. The summed E-state index contributed by atoms with van der Waals surface area (Å²) in [6.45, 7) is 4.45. The second-order valence-electron chi connectivity index (χ2n) is 4.92. The van der Waals surface area contributed by atoms with Gasteiger partial charge in [-0.15, -0.1) is 0 Å². The third-order valence-electron chi connectivity index (χ3n) is 3.36. The molecule has 1 aliphatic carbocycles. The molecule has 3 N–H and O–H groups in total. The number of benzene rings is 1. The van der Waals surface area contributed by atoms with Gasteiger partial charge < -0.3 is 10.1 Å². The fraction of sp³-hybridized carbons (Fsp3) is 0.538. The van der Waals surface area contributed by atoms with Gasteiger partial charge in [0.2, 0.25) is 10.0 Å². The molecule has 19 heavy (non-hydrogen) atoms. The zero-order valence-corrected chi connectivity index (χ0v) is 12.0. The van der Waals surface area contributed by atoms with Crippen molar-refractivity contribution >= 4 is 15.7 Å². The molecule has 2 rings (SSSR count). The standard InChI is InChI=1S/C13H20N2O3S/c1-3-18-12-6-11(7-12)15-10-5-4-9(2)13(8-10)19(14,16)17/h4-5,8,11-12,15H,3,6-7H2,1-2H3,(H2,14,16,17). The molecule has 5 nitrogen and oxygen atoms in total. The van der Waals surface area contributed by atoms with E-state index in [0.717, 1.165) is 25.1 Å². The van der Waals surface area contributed by atoms with Crippen LogP contribution in [-0.4, -0.2) is 27.2 Å². The van der Waals surface area contributed by atoms with Crippen LogP contribution in [0, 0.1) is 6.92 Å². The van der Waals surface area contributed by atoms with Crippen molar-refractivity contribution in [3.63, 3.8) is 0 Å². The van der Waals surface area contributed by atoms with Gasteiger partial charge in [-0.3, -0.25) is 0 Å². The molecule has 0 spiro atoms. The molecule has 0 heterocycles. The molecule has 1 saturated carbocycles. The van der Waals surface area contributed by atoms with E-state index in [-0.39, 0.29) is 4.90 Å². The van der Waals surface area contributed by atoms with Crippen LogP contribution in [0.2, 0.25) is 0 Å². The Morgan fingerprint density at radius 3 is 2.68 bits per heavy atom. The van der Waals surface area contributed by atoms with Crippen molar-refractivity contribution in [3.8, 4) is 0 Å². The van der Waals surface area contributed by atoms with E-state index in [1.165, 1.54) is 0 Å². The van der Waals surface area contributed by atoms with Crippen LogP contribution in [-0.2, 0) is 14.8 Å². The van der Waals surface area contributed by atoms with Gasteiger partial charge in [-0.1, -0.05) is 6.07 Å². The van der Waals surface area contributed by atoms with Gasteiger partial charge in [0, 0.05) is 18.3 Å². The predicted molar refractivity (Wildman–Crippen MR) is 74.6 cm³/mol. The average molecular weight is 284 g/mol. The Kier molecular flexibility index (Phi) is 4.13. The fourth-order valence-corrected chi connectivity index (χ4v) is 3.10. The van der Waals surface area contributed by atoms with Crippen LogP contribution in [0.1, 0.15) is 25.3 Å². The largest absolute Gasteiger partial charge is 0.382 e. The molecule has 1 fully saturated rings. The highest BCUT2D eigenvalue weighted by molar-refractivity contribution is 7.89. The molecular weight excluding hydrogens is 264 g/mol. The molecule has 106 valence electrons. The van der Waals surface area contributed by atoms with Crippen LogP contribution in [0.3, 0.4) is 0 Å². The number of primary sulfonamides is 1. The smallest absolute Gasteiger partial charge is 0.238 e. The quantitative estimate of drug-likeness (QED) is 0.861. The molecule has 1 aliphatic rings. The molecule has 1 aromatic rings. The second kappa shape index (κ2) is 5.48. The van der Waals surface area contributed by atoms with Gasteiger partial charge >= 0.3 is 0 Å². The first-order chi connectivity index (χ1) is 8.90. The first-order valence-electron chi connectivity index (χ1n) is 6.41. The Hall–Kier alpha value is -1.11. The summed E-state index contributed by atoms with van der Waals surface area (Å²) in [5.74, 6) is 0. The van der Waals surface area contributed by atoms with E-state index in [4.69, 9.17) is 9.88 Å². The molecule has 0 unspecified atom stereocenters. The Bertz CT molecular complexity index is 551. The van der Waals surface area contributed by atoms with Gasteiger partial charge in [-0.05, 0) is 44.4 Å². The Morgan fingerprint density at radius 1 is 1.42 bits per heavy atom. The van der Waals surface area contributed by atoms with Gasteiger partial charge in [-0.25, -0.2) is 13.6 Å². The zero-order valence-electron chi connectivity index (χ0n) is 11.2. The first kappa shape index (κ1) is 14.3. The fourth-order valence-electron chi connectivity index (χ4n) is 2.29. The number of nitrogens with two attached hydrogens (primary N) is 1. The number of nitrogens with one attached hydrogen (secondary N) is 1. The first-order valence-corrected chi connectivity index (χ1v) is 7.96. The highest BCUT2D eigenvalue weighted by atomic mass is 32.2. The average Bonchev–Trinajstić information content (AvgIpc) is 2.27. The summed E-state index contributed by atoms with van der Waals surface area (Å²) < 4.78 is 28.4. The molecular formula is C13H20N2O3S. The lowest BCUT2D eigenvalue weighted by molar-refractivity contribution is 0.00299. The van der Waals surface area contributed by atoms with Gasteiger partial charge in [0.05, 0.1) is 11.0 Å². The van der Waals surface area contributed by atoms with E-state index in [1.807, 2.05) is 13.0 Å². The van der Waals surface area contributed by atoms with Crippen molar-refractivity contribution in [3.05, 3.63) is 23.8 Å². The van der Waals surface area contributed by atoms with E-state index in [0.29, 0.717) is 17.7 Å². The molecule has 0 radical (unpaired) electrons. The van der Waals surface area contributed by atoms with Crippen LogP contribution in [0.5, 0.6) is 0 Å². The number of ether oxygens (including phenoxy) is 1. The SMILES string of the molecule is CCOC1CC(Nc2ccc(C)c(S(N)(=O)=O)c2)C1. The monoisotopic (exact) mass is 284 g/mol. The van der Waals surface area contributed by atoms with E-state index < -0.39 is 10.0 Å². The lowest BCUT2D eigenvalue weighted by atomic mass is 9.89. The van der Waals surface area contributed by atoms with Crippen molar-refractivity contribution in [2.45, 2.75) is 43.7 Å². The van der Waals surface area contributed by atoms with Crippen molar-refractivity contribution in [1.82, 2.24) is 0 Å². The molecule has 0 saturated heterocycles. The lowest BCUT2D eigenvalue weighted by Crippen LogP contribution is -2.40. The van der Waals surface area contributed by atoms with Crippen LogP contribution >= 0.6 is 0 Å². The Morgan fingerprint density at radius 2 is 2.11 bits per heavy atom.